The molecule has 0 aromatic heterocycles. The van der Waals surface area contributed by atoms with Gasteiger partial charge in [-0.1, -0.05) is 0 Å². The van der Waals surface area contributed by atoms with Crippen molar-refractivity contribution in [3.63, 3.8) is 0 Å². The van der Waals surface area contributed by atoms with Crippen LogP contribution in [0.15, 0.2) is 0 Å². The van der Waals surface area contributed by atoms with E-state index >= 15 is 0 Å². The van der Waals surface area contributed by atoms with Crippen molar-refractivity contribution < 1.29 is 21.4 Å². The van der Waals surface area contributed by atoms with E-state index in [0.29, 0.717) is 0 Å². The van der Waals surface area contributed by atoms with Crippen molar-refractivity contribution in [2.75, 3.05) is 12.3 Å². The summed E-state index contributed by atoms with van der Waals surface area (Å²) in [4.78, 5) is 0. The zero-order valence-electron chi connectivity index (χ0n) is 5.69. The molecule has 0 heterocycles. The van der Waals surface area contributed by atoms with Gasteiger partial charge in [0.05, 0.1) is 5.75 Å². The van der Waals surface area contributed by atoms with Crippen LogP contribution in [0.3, 0.4) is 0 Å². The van der Waals surface area contributed by atoms with Crippen LogP contribution >= 0.6 is 16.1 Å². The quantitative estimate of drug-likeness (QED) is 0.424. The second-order valence-electron chi connectivity index (χ2n) is 1.76. The summed E-state index contributed by atoms with van der Waals surface area (Å²) < 4.78 is 53.0. The Bertz CT molecular complexity index is 319. The van der Waals surface area contributed by atoms with Gasteiger partial charge in [-0.15, -0.1) is 3.75 Å². The molecule has 0 unspecified atom stereocenters. The summed E-state index contributed by atoms with van der Waals surface area (Å²) >= 11 is 2.44. The van der Waals surface area contributed by atoms with E-state index in [0.717, 1.165) is 0 Å². The fourth-order valence-corrected chi connectivity index (χ4v) is 1.59. The summed E-state index contributed by atoms with van der Waals surface area (Å²) in [6.45, 7) is -0.389. The van der Waals surface area contributed by atoms with Crippen LogP contribution in [-0.2, 0) is 20.3 Å². The Morgan fingerprint density at radius 2 is 1.75 bits per heavy atom. The Hall–Kier alpha value is 0.260. The van der Waals surface area contributed by atoms with E-state index < -0.39 is 26.1 Å². The Balaban J connectivity index is 3.89. The van der Waals surface area contributed by atoms with Crippen LogP contribution in [0.2, 0.25) is 0 Å². The maximum absolute atomic E-state index is 10.5. The molecule has 0 saturated carbocycles. The van der Waals surface area contributed by atoms with Gasteiger partial charge in [0.25, 0.3) is 20.3 Å². The zero-order valence-corrected chi connectivity index (χ0v) is 8.91. The monoisotopic (exact) mass is 282 g/mol. The molecule has 0 aliphatic rings. The fraction of sp³-hybridized carbons (Fsp3) is 1.00. The highest BCUT2D eigenvalue weighted by Gasteiger charge is 2.09. The van der Waals surface area contributed by atoms with Crippen LogP contribution in [0.4, 0.5) is 0 Å². The summed E-state index contributed by atoms with van der Waals surface area (Å²) in [6, 6.07) is 0. The summed E-state index contributed by atoms with van der Waals surface area (Å²) in [5.74, 6) is -0.666. The van der Waals surface area contributed by atoms with Gasteiger partial charge in [-0.3, -0.25) is 4.55 Å². The molecule has 0 saturated heterocycles. The molecule has 0 fully saturated rings. The van der Waals surface area contributed by atoms with Crippen LogP contribution < -0.4 is 8.47 Å². The molecular weight excluding hydrogens is 276 g/mol. The van der Waals surface area contributed by atoms with Crippen molar-refractivity contribution >= 4 is 36.5 Å². The predicted molar refractivity (Wildman–Crippen MR) is 45.4 cm³/mol. The third-order valence-corrected chi connectivity index (χ3v) is 3.54. The lowest BCUT2D eigenvalue weighted by Crippen LogP contribution is -2.34. The first kappa shape index (κ1) is 12.3. The molecule has 0 aliphatic carbocycles. The Morgan fingerprint density at radius 1 is 1.25 bits per heavy atom. The molecule has 0 amide bonds. The molecule has 10 heteroatoms. The van der Waals surface area contributed by atoms with Gasteiger partial charge in [-0.05, 0) is 0 Å². The second kappa shape index (κ2) is 4.48. The number of hydrogen-bond acceptors (Lipinski definition) is 4. The molecule has 3 N–H and O–H groups in total. The third-order valence-electron chi connectivity index (χ3n) is 0.754. The molecule has 0 spiro atoms. The van der Waals surface area contributed by atoms with E-state index in [9.17, 15) is 16.8 Å². The van der Waals surface area contributed by atoms with Gasteiger partial charge in [0.1, 0.15) is 0 Å². The van der Waals surface area contributed by atoms with Crippen LogP contribution in [0, 0.1) is 0 Å². The van der Waals surface area contributed by atoms with Gasteiger partial charge in [0.2, 0.25) is 0 Å². The molecule has 0 aliphatic heterocycles. The number of rotatable bonds is 5. The molecule has 0 radical (unpaired) electrons. The summed E-state index contributed by atoms with van der Waals surface area (Å²) in [6.07, 6.45) is 0. The SMILES string of the molecule is O=S(=O)(O)CCNS(=O)(=O)NBr. The Kier molecular flexibility index (Phi) is 4.58. The van der Waals surface area contributed by atoms with Crippen molar-refractivity contribution in [3.05, 3.63) is 0 Å². The molecule has 0 aromatic rings. The number of hydrogen-bond donors (Lipinski definition) is 3. The van der Waals surface area contributed by atoms with Gasteiger partial charge in [0, 0.05) is 22.7 Å². The molecule has 0 bridgehead atoms. The number of nitrogens with one attached hydrogen (secondary N) is 2. The summed E-state index contributed by atoms with van der Waals surface area (Å²) in [7, 11) is -7.83. The van der Waals surface area contributed by atoms with Crippen molar-refractivity contribution in [3.8, 4) is 0 Å². The third kappa shape index (κ3) is 6.94. The van der Waals surface area contributed by atoms with E-state index in [-0.39, 0.29) is 6.54 Å². The van der Waals surface area contributed by atoms with Gasteiger partial charge in [-0.25, -0.2) is 4.72 Å². The summed E-state index contributed by atoms with van der Waals surface area (Å²) in [5.41, 5.74) is 0. The van der Waals surface area contributed by atoms with Gasteiger partial charge < -0.3 is 0 Å². The highest BCUT2D eigenvalue weighted by Crippen LogP contribution is 1.83. The average molecular weight is 283 g/mol. The standard InChI is InChI=1S/C2H7BrN2O5S2/c3-5-12(9,10)4-1-2-11(6,7)8/h4-5H,1-2H2,(H,6,7,8). The second-order valence-corrected chi connectivity index (χ2v) is 5.75. The molecule has 7 nitrogen and oxygen atoms in total. The fourth-order valence-electron chi connectivity index (χ4n) is 0.332. The van der Waals surface area contributed by atoms with Crippen molar-refractivity contribution in [2.45, 2.75) is 0 Å². The van der Waals surface area contributed by atoms with Crippen LogP contribution in [0.25, 0.3) is 0 Å². The minimum atomic E-state index is -4.12. The van der Waals surface area contributed by atoms with Gasteiger partial charge in [0.15, 0.2) is 0 Å². The largest absolute Gasteiger partial charge is 0.286 e. The van der Waals surface area contributed by atoms with Gasteiger partial charge in [-0.2, -0.15) is 16.8 Å². The van der Waals surface area contributed by atoms with Crippen molar-refractivity contribution in [1.82, 2.24) is 8.47 Å². The van der Waals surface area contributed by atoms with E-state index in [4.69, 9.17) is 4.55 Å². The highest BCUT2D eigenvalue weighted by molar-refractivity contribution is 9.09. The Labute approximate surface area is 78.8 Å². The lowest BCUT2D eigenvalue weighted by Gasteiger charge is -2.01. The van der Waals surface area contributed by atoms with E-state index in [1.54, 1.807) is 3.75 Å². The number of halogens is 1. The van der Waals surface area contributed by atoms with Gasteiger partial charge >= 0.3 is 0 Å². The van der Waals surface area contributed by atoms with Crippen LogP contribution in [0.1, 0.15) is 0 Å². The lowest BCUT2D eigenvalue weighted by atomic mass is 10.8. The first-order valence-electron chi connectivity index (χ1n) is 2.59. The topological polar surface area (TPSA) is 113 Å². The molecule has 0 atom stereocenters. The lowest BCUT2D eigenvalue weighted by molar-refractivity contribution is 0.482. The van der Waals surface area contributed by atoms with Crippen molar-refractivity contribution in [1.29, 1.82) is 0 Å². The summed E-state index contributed by atoms with van der Waals surface area (Å²) in [5, 5.41) is 0. The molecular formula is C2H7BrN2O5S2. The maximum atomic E-state index is 10.5. The van der Waals surface area contributed by atoms with Crippen LogP contribution in [-0.4, -0.2) is 33.7 Å². The van der Waals surface area contributed by atoms with Crippen molar-refractivity contribution in [2.24, 2.45) is 0 Å². The normalized spacial score (nSPS) is 13.2. The zero-order chi connectivity index (χ0) is 9.83. The Morgan fingerprint density at radius 3 is 2.08 bits per heavy atom. The molecule has 0 aromatic carbocycles. The average Bonchev–Trinajstić information content (AvgIpc) is 1.84. The molecule has 74 valence electrons. The van der Waals surface area contributed by atoms with E-state index in [1.807, 2.05) is 4.72 Å². The smallest absolute Gasteiger partial charge is 0.286 e. The van der Waals surface area contributed by atoms with Crippen LogP contribution in [0.5, 0.6) is 0 Å². The first-order chi connectivity index (χ1) is 5.27. The molecule has 0 rings (SSSR count). The predicted octanol–water partition coefficient (Wildman–Crippen LogP) is -1.39. The minimum absolute atomic E-state index is 0.389. The van der Waals surface area contributed by atoms with E-state index in [2.05, 4.69) is 16.1 Å². The maximum Gasteiger partial charge on any atom is 0.286 e. The highest BCUT2D eigenvalue weighted by atomic mass is 79.9. The molecule has 12 heavy (non-hydrogen) atoms. The first-order valence-corrected chi connectivity index (χ1v) is 6.47. The minimum Gasteiger partial charge on any atom is -0.286 e. The van der Waals surface area contributed by atoms with E-state index in [1.165, 1.54) is 0 Å².